The number of allylic oxidation sites excluding steroid dienone is 1. The summed E-state index contributed by atoms with van der Waals surface area (Å²) in [5.41, 5.74) is 2.90. The predicted octanol–water partition coefficient (Wildman–Crippen LogP) is 3.00. The fourth-order valence-corrected chi connectivity index (χ4v) is 4.60. The number of hydrogen-bond donors (Lipinski definition) is 0. The van der Waals surface area contributed by atoms with Gasteiger partial charge in [0.1, 0.15) is 6.79 Å². The molecule has 0 aromatic heterocycles. The molecular weight excluding hydrogens is 324 g/mol. The molecule has 1 spiro atoms. The summed E-state index contributed by atoms with van der Waals surface area (Å²) in [5, 5.41) is 0. The van der Waals surface area contributed by atoms with Gasteiger partial charge in [0.25, 0.3) is 0 Å². The second-order valence-corrected chi connectivity index (χ2v) is 7.19. The van der Waals surface area contributed by atoms with E-state index in [-0.39, 0.29) is 5.41 Å². The van der Waals surface area contributed by atoms with Gasteiger partial charge in [-0.25, -0.2) is 0 Å². The average Bonchev–Trinajstić information content (AvgIpc) is 3.02. The maximum atomic E-state index is 6.00. The number of fused-ring (bicyclic) bond motifs is 1. The Hall–Kier alpha value is 0.0600. The monoisotopic (exact) mass is 346 g/mol. The van der Waals surface area contributed by atoms with Crippen LogP contribution in [-0.2, 0) is 18.9 Å². The van der Waals surface area contributed by atoms with Crippen molar-refractivity contribution in [2.75, 3.05) is 33.7 Å². The van der Waals surface area contributed by atoms with Gasteiger partial charge in [0.05, 0.1) is 19.8 Å². The van der Waals surface area contributed by atoms with Gasteiger partial charge in [-0.2, -0.15) is 0 Å². The number of alkyl halides is 1. The number of ether oxygens (including phenoxy) is 4. The fraction of sp³-hybridized carbons (Fsp3) is 0.867. The minimum Gasteiger partial charge on any atom is -0.359 e. The highest BCUT2D eigenvalue weighted by Crippen LogP contribution is 2.57. The molecule has 2 fully saturated rings. The van der Waals surface area contributed by atoms with Gasteiger partial charge in [0.2, 0.25) is 0 Å². The molecule has 114 valence electrons. The molecule has 3 rings (SSSR count). The zero-order valence-electron chi connectivity index (χ0n) is 12.2. The maximum absolute atomic E-state index is 6.00. The summed E-state index contributed by atoms with van der Waals surface area (Å²) in [6.07, 6.45) is 4.30. The highest BCUT2D eigenvalue weighted by molar-refractivity contribution is 9.09. The van der Waals surface area contributed by atoms with Gasteiger partial charge in [-0.3, -0.25) is 0 Å². The zero-order valence-corrected chi connectivity index (χ0v) is 13.8. The molecule has 0 aromatic rings. The van der Waals surface area contributed by atoms with Crippen molar-refractivity contribution < 1.29 is 18.9 Å². The summed E-state index contributed by atoms with van der Waals surface area (Å²) >= 11 is 3.86. The average molecular weight is 347 g/mol. The minimum absolute atomic E-state index is 0.215. The lowest BCUT2D eigenvalue weighted by Gasteiger charge is -2.43. The largest absolute Gasteiger partial charge is 0.359 e. The lowest BCUT2D eigenvalue weighted by atomic mass is 9.70. The minimum atomic E-state index is -0.528. The molecule has 0 bridgehead atoms. The van der Waals surface area contributed by atoms with Gasteiger partial charge in [-0.05, 0) is 19.3 Å². The molecule has 1 saturated heterocycles. The first-order valence-corrected chi connectivity index (χ1v) is 8.25. The molecule has 20 heavy (non-hydrogen) atoms. The van der Waals surface area contributed by atoms with Crippen LogP contribution in [0.15, 0.2) is 11.1 Å². The quantitative estimate of drug-likeness (QED) is 0.339. The maximum Gasteiger partial charge on any atom is 0.193 e. The first-order valence-electron chi connectivity index (χ1n) is 7.34. The molecule has 1 saturated carbocycles. The second-order valence-electron chi connectivity index (χ2n) is 6.09. The molecule has 1 aliphatic heterocycles. The third-order valence-electron chi connectivity index (χ3n) is 5.03. The van der Waals surface area contributed by atoms with Crippen LogP contribution in [0.5, 0.6) is 0 Å². The third kappa shape index (κ3) is 2.28. The topological polar surface area (TPSA) is 36.9 Å². The van der Waals surface area contributed by atoms with E-state index in [0.29, 0.717) is 31.4 Å². The molecule has 5 heteroatoms. The Kier molecular flexibility index (Phi) is 4.26. The SMILES string of the molecule is COCOCC1=C2CC[C@H](Br)[C@]2(C)CCC12OCCO2. The van der Waals surface area contributed by atoms with Crippen molar-refractivity contribution >= 4 is 15.9 Å². The van der Waals surface area contributed by atoms with Crippen LogP contribution in [0.4, 0.5) is 0 Å². The van der Waals surface area contributed by atoms with Crippen molar-refractivity contribution in [1.82, 2.24) is 0 Å². The van der Waals surface area contributed by atoms with Crippen molar-refractivity contribution in [3.8, 4) is 0 Å². The Morgan fingerprint density at radius 2 is 2.05 bits per heavy atom. The number of rotatable bonds is 4. The van der Waals surface area contributed by atoms with Gasteiger partial charge in [0.15, 0.2) is 5.79 Å². The Balaban J connectivity index is 1.93. The lowest BCUT2D eigenvalue weighted by Crippen LogP contribution is -2.44. The first-order chi connectivity index (χ1) is 9.62. The van der Waals surface area contributed by atoms with E-state index < -0.39 is 5.79 Å². The van der Waals surface area contributed by atoms with E-state index >= 15 is 0 Å². The molecule has 4 nitrogen and oxygen atoms in total. The normalized spacial score (nSPS) is 35.9. The van der Waals surface area contributed by atoms with Crippen molar-refractivity contribution in [2.24, 2.45) is 5.41 Å². The highest BCUT2D eigenvalue weighted by atomic mass is 79.9. The summed E-state index contributed by atoms with van der Waals surface area (Å²) in [5.74, 6) is -0.528. The molecule has 0 unspecified atom stereocenters. The van der Waals surface area contributed by atoms with Crippen LogP contribution in [0.25, 0.3) is 0 Å². The van der Waals surface area contributed by atoms with Crippen molar-refractivity contribution in [3.05, 3.63) is 11.1 Å². The van der Waals surface area contributed by atoms with Gasteiger partial charge in [-0.15, -0.1) is 0 Å². The third-order valence-corrected chi connectivity index (χ3v) is 6.50. The molecule has 0 N–H and O–H groups in total. The van der Waals surface area contributed by atoms with E-state index in [2.05, 4.69) is 22.9 Å². The fourth-order valence-electron chi connectivity index (χ4n) is 3.87. The smallest absolute Gasteiger partial charge is 0.193 e. The Bertz CT molecular complexity index is 403. The van der Waals surface area contributed by atoms with E-state index in [4.69, 9.17) is 18.9 Å². The summed E-state index contributed by atoms with van der Waals surface area (Å²) in [7, 11) is 1.64. The van der Waals surface area contributed by atoms with Gasteiger partial charge in [-0.1, -0.05) is 28.4 Å². The van der Waals surface area contributed by atoms with Crippen molar-refractivity contribution in [1.29, 1.82) is 0 Å². The summed E-state index contributed by atoms with van der Waals surface area (Å²) < 4.78 is 22.6. The number of hydrogen-bond acceptors (Lipinski definition) is 4. The van der Waals surface area contributed by atoms with E-state index in [1.54, 1.807) is 7.11 Å². The van der Waals surface area contributed by atoms with Gasteiger partial charge < -0.3 is 18.9 Å². The van der Waals surface area contributed by atoms with Gasteiger partial charge >= 0.3 is 0 Å². The molecule has 2 aliphatic carbocycles. The molecule has 0 aromatic carbocycles. The van der Waals surface area contributed by atoms with Crippen LogP contribution < -0.4 is 0 Å². The van der Waals surface area contributed by atoms with E-state index in [1.165, 1.54) is 17.6 Å². The Morgan fingerprint density at radius 3 is 2.75 bits per heavy atom. The van der Waals surface area contributed by atoms with Crippen LogP contribution in [0.2, 0.25) is 0 Å². The van der Waals surface area contributed by atoms with Crippen molar-refractivity contribution in [3.63, 3.8) is 0 Å². The summed E-state index contributed by atoms with van der Waals surface area (Å²) in [6.45, 7) is 4.55. The molecule has 3 aliphatic rings. The first kappa shape index (κ1) is 15.0. The van der Waals surface area contributed by atoms with Crippen LogP contribution in [-0.4, -0.2) is 44.3 Å². The molecule has 1 heterocycles. The van der Waals surface area contributed by atoms with Crippen LogP contribution in [0.1, 0.15) is 32.6 Å². The zero-order chi connectivity index (χ0) is 14.2. The number of halogens is 1. The summed E-state index contributed by atoms with van der Waals surface area (Å²) in [4.78, 5) is 0.543. The van der Waals surface area contributed by atoms with E-state index in [0.717, 1.165) is 19.3 Å². The molecule has 0 amide bonds. The second kappa shape index (κ2) is 5.69. The summed E-state index contributed by atoms with van der Waals surface area (Å²) in [6, 6.07) is 0. The highest BCUT2D eigenvalue weighted by Gasteiger charge is 2.54. The standard InChI is InChI=1S/C15H23BrO4/c1-14-5-6-15(19-7-8-20-15)12(9-18-10-17-2)11(14)3-4-13(14)16/h13H,3-10H2,1-2H3/t13-,14+/m0/s1. The Morgan fingerprint density at radius 1 is 1.30 bits per heavy atom. The Labute approximate surface area is 128 Å². The van der Waals surface area contributed by atoms with E-state index in [1.807, 2.05) is 0 Å². The van der Waals surface area contributed by atoms with Gasteiger partial charge in [0, 0.05) is 29.3 Å². The van der Waals surface area contributed by atoms with Crippen molar-refractivity contribution in [2.45, 2.75) is 43.2 Å². The molecule has 2 atom stereocenters. The van der Waals surface area contributed by atoms with Crippen LogP contribution in [0, 0.1) is 5.41 Å². The van der Waals surface area contributed by atoms with Crippen LogP contribution in [0.3, 0.4) is 0 Å². The number of methoxy groups -OCH3 is 1. The van der Waals surface area contributed by atoms with E-state index in [9.17, 15) is 0 Å². The molecular formula is C15H23BrO4. The molecule has 0 radical (unpaired) electrons. The van der Waals surface area contributed by atoms with Crippen LogP contribution >= 0.6 is 15.9 Å². The lowest BCUT2D eigenvalue weighted by molar-refractivity contribution is -0.152. The predicted molar refractivity (Wildman–Crippen MR) is 78.8 cm³/mol.